The Balaban J connectivity index is 3.14. The van der Waals surface area contributed by atoms with Crippen molar-refractivity contribution in [1.29, 1.82) is 0 Å². The van der Waals surface area contributed by atoms with Gasteiger partial charge in [-0.25, -0.2) is 6.57 Å². The average molecular weight is 141 g/mol. The van der Waals surface area contributed by atoms with E-state index in [4.69, 9.17) is 11.3 Å². The Morgan fingerprint density at radius 1 is 1.40 bits per heavy atom. The zero-order valence-corrected chi connectivity index (χ0v) is 6.98. The highest BCUT2D eigenvalue weighted by atomic mass is 16.5. The molecule has 0 atom stereocenters. The summed E-state index contributed by atoms with van der Waals surface area (Å²) >= 11 is 0. The first-order valence-corrected chi connectivity index (χ1v) is 3.53. The summed E-state index contributed by atoms with van der Waals surface area (Å²) in [5, 5.41) is 0. The van der Waals surface area contributed by atoms with Crippen LogP contribution in [-0.4, -0.2) is 18.8 Å². The summed E-state index contributed by atoms with van der Waals surface area (Å²) in [6.07, 6.45) is 0.848. The van der Waals surface area contributed by atoms with Crippen LogP contribution in [0.4, 0.5) is 0 Å². The van der Waals surface area contributed by atoms with Crippen molar-refractivity contribution >= 4 is 0 Å². The Morgan fingerprint density at radius 3 is 2.40 bits per heavy atom. The van der Waals surface area contributed by atoms with E-state index >= 15 is 0 Å². The maximum Gasteiger partial charge on any atom is 0.216 e. The van der Waals surface area contributed by atoms with E-state index in [-0.39, 0.29) is 5.60 Å². The van der Waals surface area contributed by atoms with E-state index in [1.165, 1.54) is 0 Å². The fourth-order valence-corrected chi connectivity index (χ4v) is 0.522. The molecule has 0 saturated carbocycles. The second-order valence-electron chi connectivity index (χ2n) is 3.20. The van der Waals surface area contributed by atoms with Crippen molar-refractivity contribution in [1.82, 2.24) is 0 Å². The van der Waals surface area contributed by atoms with E-state index in [0.29, 0.717) is 13.2 Å². The van der Waals surface area contributed by atoms with Gasteiger partial charge in [-0.2, -0.15) is 0 Å². The van der Waals surface area contributed by atoms with E-state index in [0.717, 1.165) is 6.42 Å². The molecule has 0 radical (unpaired) electrons. The topological polar surface area (TPSA) is 13.6 Å². The molecule has 0 aromatic carbocycles. The zero-order chi connectivity index (χ0) is 8.04. The van der Waals surface area contributed by atoms with Gasteiger partial charge >= 0.3 is 0 Å². The zero-order valence-electron chi connectivity index (χ0n) is 6.98. The molecular weight excluding hydrogens is 126 g/mol. The molecule has 0 fully saturated rings. The van der Waals surface area contributed by atoms with Crippen LogP contribution in [0.25, 0.3) is 4.85 Å². The fraction of sp³-hybridized carbons (Fsp3) is 0.875. The lowest BCUT2D eigenvalue weighted by Crippen LogP contribution is -2.19. The first-order chi connectivity index (χ1) is 4.56. The van der Waals surface area contributed by atoms with Gasteiger partial charge in [0.1, 0.15) is 0 Å². The molecule has 0 amide bonds. The number of ether oxygens (including phenoxy) is 1. The minimum Gasteiger partial charge on any atom is -0.376 e. The van der Waals surface area contributed by atoms with Crippen molar-refractivity contribution in [3.63, 3.8) is 0 Å². The SMILES string of the molecule is [C-]#[N+]CCCOC(C)(C)C. The third-order valence-corrected chi connectivity index (χ3v) is 0.949. The van der Waals surface area contributed by atoms with Gasteiger partial charge in [-0.3, -0.25) is 0 Å². The molecule has 0 aromatic heterocycles. The molecule has 0 unspecified atom stereocenters. The molecule has 0 bridgehead atoms. The maximum absolute atomic E-state index is 6.51. The lowest BCUT2D eigenvalue weighted by Gasteiger charge is -2.18. The molecule has 0 aromatic rings. The van der Waals surface area contributed by atoms with Gasteiger partial charge in [-0.1, -0.05) is 0 Å². The molecular formula is C8H15NO. The fourth-order valence-electron chi connectivity index (χ4n) is 0.522. The summed E-state index contributed by atoms with van der Waals surface area (Å²) in [5.41, 5.74) is -0.0535. The van der Waals surface area contributed by atoms with E-state index in [1.54, 1.807) is 0 Å². The lowest BCUT2D eigenvalue weighted by molar-refractivity contribution is -0.00255. The van der Waals surface area contributed by atoms with Crippen molar-refractivity contribution in [2.45, 2.75) is 32.8 Å². The first kappa shape index (κ1) is 9.45. The van der Waals surface area contributed by atoms with Gasteiger partial charge in [0.2, 0.25) is 6.54 Å². The molecule has 0 aliphatic rings. The normalized spacial score (nSPS) is 11.0. The molecule has 0 N–H and O–H groups in total. The van der Waals surface area contributed by atoms with Crippen molar-refractivity contribution in [2.24, 2.45) is 0 Å². The largest absolute Gasteiger partial charge is 0.376 e. The molecule has 0 heterocycles. The minimum atomic E-state index is -0.0535. The second-order valence-corrected chi connectivity index (χ2v) is 3.20. The molecule has 0 rings (SSSR count). The number of hydrogen-bond acceptors (Lipinski definition) is 1. The Bertz CT molecular complexity index is 118. The molecule has 0 aliphatic carbocycles. The van der Waals surface area contributed by atoms with Crippen LogP contribution in [0.15, 0.2) is 0 Å². The van der Waals surface area contributed by atoms with Crippen molar-refractivity contribution in [3.8, 4) is 0 Å². The van der Waals surface area contributed by atoms with Crippen LogP contribution in [0.2, 0.25) is 0 Å². The van der Waals surface area contributed by atoms with Crippen LogP contribution in [0.3, 0.4) is 0 Å². The summed E-state index contributed by atoms with van der Waals surface area (Å²) in [5.74, 6) is 0. The molecule has 0 aliphatic heterocycles. The Morgan fingerprint density at radius 2 is 2.00 bits per heavy atom. The smallest absolute Gasteiger partial charge is 0.216 e. The predicted octanol–water partition coefficient (Wildman–Crippen LogP) is 2.11. The van der Waals surface area contributed by atoms with E-state index < -0.39 is 0 Å². The Labute approximate surface area is 63.0 Å². The quantitative estimate of drug-likeness (QED) is 0.433. The standard InChI is InChI=1S/C8H15NO/c1-8(2,3)10-7-5-6-9-4/h5-7H2,1-3H3. The van der Waals surface area contributed by atoms with Crippen LogP contribution in [0, 0.1) is 6.57 Å². The maximum atomic E-state index is 6.51. The van der Waals surface area contributed by atoms with Gasteiger partial charge in [0, 0.05) is 6.42 Å². The van der Waals surface area contributed by atoms with E-state index in [2.05, 4.69) is 4.85 Å². The minimum absolute atomic E-state index is 0.0535. The highest BCUT2D eigenvalue weighted by Crippen LogP contribution is 2.06. The van der Waals surface area contributed by atoms with Crippen LogP contribution >= 0.6 is 0 Å². The molecule has 0 spiro atoms. The Kier molecular flexibility index (Phi) is 4.06. The lowest BCUT2D eigenvalue weighted by atomic mass is 10.2. The summed E-state index contributed by atoms with van der Waals surface area (Å²) in [4.78, 5) is 3.23. The molecule has 0 saturated heterocycles. The van der Waals surface area contributed by atoms with Gasteiger partial charge in [-0.05, 0) is 20.8 Å². The van der Waals surface area contributed by atoms with Crippen LogP contribution < -0.4 is 0 Å². The van der Waals surface area contributed by atoms with E-state index in [1.807, 2.05) is 20.8 Å². The number of hydrogen-bond donors (Lipinski definition) is 0. The third-order valence-electron chi connectivity index (χ3n) is 0.949. The van der Waals surface area contributed by atoms with Gasteiger partial charge in [-0.15, -0.1) is 0 Å². The highest BCUT2D eigenvalue weighted by molar-refractivity contribution is 4.61. The van der Waals surface area contributed by atoms with Crippen molar-refractivity contribution < 1.29 is 4.74 Å². The molecule has 2 heteroatoms. The van der Waals surface area contributed by atoms with Crippen LogP contribution in [0.5, 0.6) is 0 Å². The highest BCUT2D eigenvalue weighted by Gasteiger charge is 2.08. The summed E-state index contributed by atoms with van der Waals surface area (Å²) in [6.45, 7) is 13.8. The molecule has 10 heavy (non-hydrogen) atoms. The molecule has 58 valence electrons. The predicted molar refractivity (Wildman–Crippen MR) is 41.8 cm³/mol. The van der Waals surface area contributed by atoms with Gasteiger partial charge < -0.3 is 9.58 Å². The first-order valence-electron chi connectivity index (χ1n) is 3.53. The van der Waals surface area contributed by atoms with Gasteiger partial charge in [0.25, 0.3) is 0 Å². The monoisotopic (exact) mass is 141 g/mol. The van der Waals surface area contributed by atoms with Crippen molar-refractivity contribution in [2.75, 3.05) is 13.2 Å². The van der Waals surface area contributed by atoms with E-state index in [9.17, 15) is 0 Å². The average Bonchev–Trinajstić information content (AvgIpc) is 1.78. The summed E-state index contributed by atoms with van der Waals surface area (Å²) in [6, 6.07) is 0. The summed E-state index contributed by atoms with van der Waals surface area (Å²) in [7, 11) is 0. The second kappa shape index (κ2) is 4.29. The number of nitrogens with zero attached hydrogens (tertiary/aromatic N) is 1. The molecule has 2 nitrogen and oxygen atoms in total. The van der Waals surface area contributed by atoms with Crippen molar-refractivity contribution in [3.05, 3.63) is 11.4 Å². The third kappa shape index (κ3) is 7.45. The van der Waals surface area contributed by atoms with Gasteiger partial charge in [0.05, 0.1) is 12.2 Å². The number of rotatable bonds is 3. The van der Waals surface area contributed by atoms with Crippen LogP contribution in [-0.2, 0) is 4.74 Å². The van der Waals surface area contributed by atoms with Gasteiger partial charge in [0.15, 0.2) is 0 Å². The van der Waals surface area contributed by atoms with Crippen LogP contribution in [0.1, 0.15) is 27.2 Å². The summed E-state index contributed by atoms with van der Waals surface area (Å²) < 4.78 is 5.39. The Hall–Kier alpha value is -0.550.